The minimum Gasteiger partial charge on any atom is -0.309 e. The Morgan fingerprint density at radius 1 is 0.628 bits per heavy atom. The molecule has 0 bridgehead atoms. The van der Waals surface area contributed by atoms with E-state index in [1.54, 1.807) is 0 Å². The number of hydrogen-bond acceptors (Lipinski definition) is 2. The molecule has 0 unspecified atom stereocenters. The Labute approximate surface area is 253 Å². The third kappa shape index (κ3) is 3.27. The molecule has 2 nitrogen and oxygen atoms in total. The van der Waals surface area contributed by atoms with Gasteiger partial charge in [0.1, 0.15) is 0 Å². The van der Waals surface area contributed by atoms with Crippen molar-refractivity contribution in [3.05, 3.63) is 138 Å². The first-order chi connectivity index (χ1) is 21.0. The van der Waals surface area contributed by atoms with E-state index in [0.717, 1.165) is 27.8 Å². The van der Waals surface area contributed by atoms with E-state index in [-0.39, 0.29) is 5.41 Å². The number of rotatable bonds is 2. The van der Waals surface area contributed by atoms with Gasteiger partial charge in [0, 0.05) is 47.5 Å². The molecule has 202 valence electrons. The summed E-state index contributed by atoms with van der Waals surface area (Å²) in [4.78, 5) is 0. The van der Waals surface area contributed by atoms with Crippen molar-refractivity contribution in [2.75, 3.05) is 0 Å². The average molecular weight is 567 g/mol. The number of hydrogen-bond donors (Lipinski definition) is 0. The smallest absolute Gasteiger partial charge is 0.0991 e. The summed E-state index contributed by atoms with van der Waals surface area (Å²) in [6.07, 6.45) is 0. The predicted octanol–water partition coefficient (Wildman–Crippen LogP) is 11.0. The summed E-state index contributed by atoms with van der Waals surface area (Å²) in [5.74, 6) is 0. The van der Waals surface area contributed by atoms with E-state index in [0.29, 0.717) is 5.56 Å². The molecule has 1 aliphatic rings. The Kier molecular flexibility index (Phi) is 4.93. The van der Waals surface area contributed by atoms with Gasteiger partial charge in [0.25, 0.3) is 0 Å². The fourth-order valence-electron chi connectivity index (χ4n) is 7.40. The summed E-state index contributed by atoms with van der Waals surface area (Å²) in [6, 6.07) is 46.0. The van der Waals surface area contributed by atoms with Crippen molar-refractivity contribution in [2.45, 2.75) is 19.3 Å². The second-order valence-electron chi connectivity index (χ2n) is 12.1. The normalized spacial score (nSPS) is 13.5. The lowest BCUT2D eigenvalue weighted by atomic mass is 9.82. The minimum atomic E-state index is -0.0175. The van der Waals surface area contributed by atoms with Crippen molar-refractivity contribution in [3.8, 4) is 34.0 Å². The lowest BCUT2D eigenvalue weighted by Gasteiger charge is -2.21. The summed E-state index contributed by atoms with van der Waals surface area (Å²) in [5, 5.41) is 14.9. The molecule has 0 atom stereocenters. The zero-order valence-corrected chi connectivity index (χ0v) is 24.7. The largest absolute Gasteiger partial charge is 0.309 e. The molecular formula is C40H26N2S. The maximum Gasteiger partial charge on any atom is 0.0991 e. The molecule has 0 radical (unpaired) electrons. The van der Waals surface area contributed by atoms with Crippen LogP contribution in [0, 0.1) is 11.3 Å². The molecule has 0 amide bonds. The highest BCUT2D eigenvalue weighted by atomic mass is 32.1. The van der Waals surface area contributed by atoms with Crippen molar-refractivity contribution in [2.24, 2.45) is 0 Å². The van der Waals surface area contributed by atoms with Crippen LogP contribution in [0.3, 0.4) is 0 Å². The molecule has 0 N–H and O–H groups in total. The van der Waals surface area contributed by atoms with Crippen molar-refractivity contribution >= 4 is 53.3 Å². The van der Waals surface area contributed by atoms with Crippen LogP contribution in [0.4, 0.5) is 0 Å². The second-order valence-corrected chi connectivity index (χ2v) is 13.1. The van der Waals surface area contributed by atoms with Gasteiger partial charge in [0.05, 0.1) is 28.4 Å². The van der Waals surface area contributed by atoms with Crippen LogP contribution >= 0.6 is 11.3 Å². The van der Waals surface area contributed by atoms with Gasteiger partial charge in [-0.1, -0.05) is 92.7 Å². The molecule has 2 aromatic heterocycles. The predicted molar refractivity (Wildman–Crippen MR) is 181 cm³/mol. The first kappa shape index (κ1) is 24.4. The Morgan fingerprint density at radius 2 is 1.35 bits per heavy atom. The van der Waals surface area contributed by atoms with Crippen LogP contribution in [0.25, 0.3) is 69.9 Å². The van der Waals surface area contributed by atoms with E-state index in [9.17, 15) is 5.26 Å². The summed E-state index contributed by atoms with van der Waals surface area (Å²) in [7, 11) is 0. The molecule has 9 rings (SSSR count). The number of para-hydroxylation sites is 2. The Hall–Kier alpha value is -5.17. The van der Waals surface area contributed by atoms with E-state index in [4.69, 9.17) is 0 Å². The minimum absolute atomic E-state index is 0.0175. The molecule has 0 saturated carbocycles. The van der Waals surface area contributed by atoms with E-state index < -0.39 is 0 Å². The first-order valence-corrected chi connectivity index (χ1v) is 15.5. The highest BCUT2D eigenvalue weighted by molar-refractivity contribution is 7.26. The Morgan fingerprint density at radius 3 is 2.12 bits per heavy atom. The maximum absolute atomic E-state index is 9.91. The number of nitriles is 1. The highest BCUT2D eigenvalue weighted by Gasteiger charge is 2.36. The van der Waals surface area contributed by atoms with Crippen LogP contribution in [0.15, 0.2) is 121 Å². The van der Waals surface area contributed by atoms with Gasteiger partial charge in [-0.15, -0.1) is 11.3 Å². The summed E-state index contributed by atoms with van der Waals surface area (Å²) in [6.45, 7) is 4.68. The third-order valence-electron chi connectivity index (χ3n) is 9.44. The van der Waals surface area contributed by atoms with Gasteiger partial charge >= 0.3 is 0 Å². The van der Waals surface area contributed by atoms with Gasteiger partial charge in [0.15, 0.2) is 0 Å². The molecule has 3 heteroatoms. The topological polar surface area (TPSA) is 28.7 Å². The molecule has 0 aliphatic heterocycles. The second kappa shape index (κ2) is 8.67. The number of thiophene rings is 1. The van der Waals surface area contributed by atoms with Crippen LogP contribution in [0.1, 0.15) is 30.5 Å². The number of aromatic nitrogens is 1. The van der Waals surface area contributed by atoms with Crippen molar-refractivity contribution in [1.82, 2.24) is 4.57 Å². The van der Waals surface area contributed by atoms with E-state index >= 15 is 0 Å². The Balaban J connectivity index is 1.32. The quantitative estimate of drug-likeness (QED) is 0.205. The number of benzene rings is 6. The standard InChI is InChI=1S/C40H26N2S/c1-40(2)32-12-6-3-11-29(32)38-33(40)18-17-28-31-22-25(16-20-37(31)43-39(28)38)30-21-24(23-41)15-19-36(30)42-34-13-7-4-9-26(34)27-10-5-8-14-35(27)42/h3-22H,1-2H3. The SMILES string of the molecule is CC1(C)c2ccccc2-c2c1ccc1c2sc2ccc(-c3cc(C#N)ccc3-n3c4ccccc4c4ccccc43)cc21. The molecule has 43 heavy (non-hydrogen) atoms. The van der Waals surface area contributed by atoms with Gasteiger partial charge < -0.3 is 4.57 Å². The molecule has 0 fully saturated rings. The van der Waals surface area contributed by atoms with E-state index in [1.165, 1.54) is 53.2 Å². The van der Waals surface area contributed by atoms with Crippen LogP contribution in [-0.4, -0.2) is 4.57 Å². The molecule has 0 saturated heterocycles. The van der Waals surface area contributed by atoms with E-state index in [2.05, 4.69) is 134 Å². The average Bonchev–Trinajstić information content (AvgIpc) is 3.66. The maximum atomic E-state index is 9.91. The van der Waals surface area contributed by atoms with Crippen LogP contribution in [-0.2, 0) is 5.41 Å². The molecule has 1 aliphatic carbocycles. The summed E-state index contributed by atoms with van der Waals surface area (Å²) in [5.41, 5.74) is 11.8. The zero-order valence-electron chi connectivity index (χ0n) is 23.8. The fraction of sp³-hybridized carbons (Fsp3) is 0.0750. The molecule has 8 aromatic rings. The molecule has 6 aromatic carbocycles. The van der Waals surface area contributed by atoms with Gasteiger partial charge in [-0.25, -0.2) is 0 Å². The van der Waals surface area contributed by atoms with Gasteiger partial charge in [-0.2, -0.15) is 5.26 Å². The molecule has 0 spiro atoms. The van der Waals surface area contributed by atoms with Crippen molar-refractivity contribution in [1.29, 1.82) is 5.26 Å². The lowest BCUT2D eigenvalue weighted by Crippen LogP contribution is -2.14. The number of fused-ring (bicyclic) bond motifs is 10. The van der Waals surface area contributed by atoms with Gasteiger partial charge in [-0.05, 0) is 64.7 Å². The monoisotopic (exact) mass is 566 g/mol. The van der Waals surface area contributed by atoms with Crippen molar-refractivity contribution < 1.29 is 0 Å². The fourth-order valence-corrected chi connectivity index (χ4v) is 8.65. The number of nitrogens with zero attached hydrogens (tertiary/aromatic N) is 2. The molecule has 2 heterocycles. The van der Waals surface area contributed by atoms with Gasteiger partial charge in [0.2, 0.25) is 0 Å². The van der Waals surface area contributed by atoms with E-state index in [1.807, 2.05) is 23.5 Å². The summed E-state index contributed by atoms with van der Waals surface area (Å²) < 4.78 is 4.99. The van der Waals surface area contributed by atoms with Crippen LogP contribution in [0.5, 0.6) is 0 Å². The van der Waals surface area contributed by atoms with Crippen LogP contribution in [0.2, 0.25) is 0 Å². The summed E-state index contributed by atoms with van der Waals surface area (Å²) >= 11 is 1.89. The lowest BCUT2D eigenvalue weighted by molar-refractivity contribution is 0.661. The first-order valence-electron chi connectivity index (χ1n) is 14.7. The van der Waals surface area contributed by atoms with Crippen molar-refractivity contribution in [3.63, 3.8) is 0 Å². The van der Waals surface area contributed by atoms with Crippen LogP contribution < -0.4 is 0 Å². The highest BCUT2D eigenvalue weighted by Crippen LogP contribution is 2.54. The zero-order chi connectivity index (χ0) is 28.9. The van der Waals surface area contributed by atoms with Gasteiger partial charge in [-0.3, -0.25) is 0 Å². The molecular weight excluding hydrogens is 541 g/mol. The Bertz CT molecular complexity index is 2450. The third-order valence-corrected chi connectivity index (χ3v) is 10.6.